The van der Waals surface area contributed by atoms with E-state index in [1.807, 2.05) is 72.8 Å². The monoisotopic (exact) mass is 313 g/mol. The maximum atomic E-state index is 12.9. The smallest absolute Gasteiger partial charge is 0.228 e. The number of hydrogen-bond acceptors (Lipinski definition) is 3. The first kappa shape index (κ1) is 14.4. The summed E-state index contributed by atoms with van der Waals surface area (Å²) >= 11 is 0. The third-order valence-corrected chi connectivity index (χ3v) is 3.96. The van der Waals surface area contributed by atoms with Crippen LogP contribution in [0, 0.1) is 0 Å². The van der Waals surface area contributed by atoms with E-state index >= 15 is 0 Å². The minimum Gasteiger partial charge on any atom is -0.460 e. The van der Waals surface area contributed by atoms with E-state index in [0.29, 0.717) is 11.3 Å². The Morgan fingerprint density at radius 2 is 1.42 bits per heavy atom. The number of ketones is 1. The van der Waals surface area contributed by atoms with Crippen LogP contribution in [0.5, 0.6) is 0 Å². The predicted molar refractivity (Wildman–Crippen MR) is 91.7 cm³/mol. The second-order valence-corrected chi connectivity index (χ2v) is 5.55. The largest absolute Gasteiger partial charge is 0.460 e. The molecule has 0 saturated heterocycles. The van der Waals surface area contributed by atoms with Crippen LogP contribution in [0.1, 0.15) is 22.1 Å². The van der Waals surface area contributed by atoms with Gasteiger partial charge in [0.05, 0.1) is 5.36 Å². The summed E-state index contributed by atoms with van der Waals surface area (Å²) in [6.07, 6.45) is -0.510. The molecule has 0 radical (unpaired) electrons. The fourth-order valence-corrected chi connectivity index (χ4v) is 2.76. The minimum absolute atomic E-state index is 0.126. The Labute approximate surface area is 139 Å². The molecule has 0 aromatic heterocycles. The molecule has 1 atom stereocenters. The standard InChI is InChI=1S/C21H15NO2/c23-19(15-9-3-1-4-10-15)20-17-13-7-8-14-18(17)22-21(24-20)16-11-5-2-6-12-16/h1-14,21H. The average molecular weight is 313 g/mol. The van der Waals surface area contributed by atoms with Crippen molar-refractivity contribution in [3.63, 3.8) is 0 Å². The van der Waals surface area contributed by atoms with Gasteiger partial charge in [0, 0.05) is 16.3 Å². The second-order valence-electron chi connectivity index (χ2n) is 5.55. The summed E-state index contributed by atoms with van der Waals surface area (Å²) in [6, 6.07) is 26.5. The summed E-state index contributed by atoms with van der Waals surface area (Å²) < 4.78 is 6.02. The maximum absolute atomic E-state index is 12.9. The average Bonchev–Trinajstić information content (AvgIpc) is 2.68. The van der Waals surface area contributed by atoms with Crippen LogP contribution in [0.25, 0.3) is 5.76 Å². The molecule has 0 spiro atoms. The Morgan fingerprint density at radius 3 is 2.17 bits per heavy atom. The van der Waals surface area contributed by atoms with Gasteiger partial charge in [0.1, 0.15) is 0 Å². The Balaban J connectivity index is 1.86. The number of nitrogens with zero attached hydrogens (tertiary/aromatic N) is 1. The van der Waals surface area contributed by atoms with Gasteiger partial charge in [-0.25, -0.2) is 4.99 Å². The fourth-order valence-electron chi connectivity index (χ4n) is 2.76. The molecule has 1 unspecified atom stereocenters. The number of ether oxygens (including phenoxy) is 1. The van der Waals surface area contributed by atoms with E-state index in [1.165, 1.54) is 0 Å². The summed E-state index contributed by atoms with van der Waals surface area (Å²) in [6.45, 7) is 0. The van der Waals surface area contributed by atoms with Crippen molar-refractivity contribution in [2.75, 3.05) is 0 Å². The zero-order valence-corrected chi connectivity index (χ0v) is 12.9. The van der Waals surface area contributed by atoms with Gasteiger partial charge in [-0.3, -0.25) is 4.79 Å². The zero-order valence-electron chi connectivity index (χ0n) is 12.9. The fraction of sp³-hybridized carbons (Fsp3) is 0.0476. The third kappa shape index (κ3) is 2.61. The van der Waals surface area contributed by atoms with Gasteiger partial charge in [0.15, 0.2) is 5.76 Å². The van der Waals surface area contributed by atoms with E-state index in [1.54, 1.807) is 12.1 Å². The highest BCUT2D eigenvalue weighted by atomic mass is 16.5. The highest BCUT2D eigenvalue weighted by molar-refractivity contribution is 6.22. The van der Waals surface area contributed by atoms with E-state index in [9.17, 15) is 4.79 Å². The van der Waals surface area contributed by atoms with E-state index in [4.69, 9.17) is 4.74 Å². The number of benzene rings is 3. The van der Waals surface area contributed by atoms with Crippen molar-refractivity contribution in [1.29, 1.82) is 0 Å². The molecule has 4 rings (SSSR count). The molecule has 0 amide bonds. The zero-order chi connectivity index (χ0) is 16.4. The van der Waals surface area contributed by atoms with Crippen molar-refractivity contribution in [3.8, 4) is 0 Å². The van der Waals surface area contributed by atoms with Crippen LogP contribution >= 0.6 is 0 Å². The van der Waals surface area contributed by atoms with Gasteiger partial charge in [-0.2, -0.15) is 0 Å². The first-order chi connectivity index (χ1) is 11.8. The van der Waals surface area contributed by atoms with E-state index in [2.05, 4.69) is 4.99 Å². The van der Waals surface area contributed by atoms with Gasteiger partial charge in [-0.15, -0.1) is 0 Å². The van der Waals surface area contributed by atoms with Gasteiger partial charge in [0.2, 0.25) is 12.0 Å². The minimum atomic E-state index is -0.510. The SMILES string of the molecule is O=C(C1=c2ccccc2=NC(c2ccccc2)O1)c1ccccc1. The predicted octanol–water partition coefficient (Wildman–Crippen LogP) is 3.03. The molecule has 1 aliphatic heterocycles. The highest BCUT2D eigenvalue weighted by Gasteiger charge is 2.23. The van der Waals surface area contributed by atoms with Gasteiger partial charge < -0.3 is 4.74 Å². The number of Topliss-reactive ketones (excluding diaryl/α,β-unsaturated/α-hetero) is 1. The number of fused-ring (bicyclic) bond motifs is 1. The second kappa shape index (κ2) is 6.13. The molecule has 3 aromatic carbocycles. The molecule has 0 saturated carbocycles. The molecule has 3 heteroatoms. The topological polar surface area (TPSA) is 38.7 Å². The first-order valence-electron chi connectivity index (χ1n) is 7.81. The molecule has 1 aliphatic rings. The maximum Gasteiger partial charge on any atom is 0.228 e. The summed E-state index contributed by atoms with van der Waals surface area (Å²) in [5.74, 6) is 0.222. The van der Waals surface area contributed by atoms with Crippen LogP contribution in [-0.2, 0) is 4.74 Å². The van der Waals surface area contributed by atoms with E-state index in [0.717, 1.165) is 16.1 Å². The summed E-state index contributed by atoms with van der Waals surface area (Å²) in [4.78, 5) is 17.6. The van der Waals surface area contributed by atoms with Crippen molar-refractivity contribution in [2.24, 2.45) is 4.99 Å². The Bertz CT molecular complexity index is 995. The number of rotatable bonds is 3. The van der Waals surface area contributed by atoms with Gasteiger partial charge >= 0.3 is 0 Å². The molecule has 1 heterocycles. The van der Waals surface area contributed by atoms with Gasteiger partial charge in [-0.05, 0) is 12.1 Å². The van der Waals surface area contributed by atoms with E-state index in [-0.39, 0.29) is 5.78 Å². The Hall–Kier alpha value is -3.20. The normalized spacial score (nSPS) is 15.8. The van der Waals surface area contributed by atoms with Crippen molar-refractivity contribution >= 4 is 11.5 Å². The van der Waals surface area contributed by atoms with Crippen LogP contribution < -0.4 is 10.6 Å². The number of carbonyl (C=O) groups is 1. The Kier molecular flexibility index (Phi) is 3.67. The first-order valence-corrected chi connectivity index (χ1v) is 7.81. The van der Waals surface area contributed by atoms with Crippen molar-refractivity contribution in [2.45, 2.75) is 6.23 Å². The van der Waals surface area contributed by atoms with Gasteiger partial charge in [0.25, 0.3) is 0 Å². The highest BCUT2D eigenvalue weighted by Crippen LogP contribution is 2.24. The molecule has 3 aromatic rings. The van der Waals surface area contributed by atoms with Crippen molar-refractivity contribution in [3.05, 3.63) is 107 Å². The lowest BCUT2D eigenvalue weighted by Gasteiger charge is -2.21. The van der Waals surface area contributed by atoms with Crippen LogP contribution in [0.4, 0.5) is 0 Å². The van der Waals surface area contributed by atoms with Crippen LogP contribution in [0.15, 0.2) is 89.9 Å². The number of hydrogen-bond donors (Lipinski definition) is 0. The Morgan fingerprint density at radius 1 is 0.792 bits per heavy atom. The van der Waals surface area contributed by atoms with Gasteiger partial charge in [-0.1, -0.05) is 72.8 Å². The van der Waals surface area contributed by atoms with Crippen molar-refractivity contribution in [1.82, 2.24) is 0 Å². The lowest BCUT2D eigenvalue weighted by molar-refractivity contribution is 0.0927. The molecule has 0 bridgehead atoms. The molecule has 24 heavy (non-hydrogen) atoms. The number of para-hydroxylation sites is 1. The van der Waals surface area contributed by atoms with Crippen LogP contribution in [0.3, 0.4) is 0 Å². The van der Waals surface area contributed by atoms with E-state index < -0.39 is 6.23 Å². The molecular formula is C21H15NO2. The molecule has 0 aliphatic carbocycles. The third-order valence-electron chi connectivity index (χ3n) is 3.96. The number of carbonyl (C=O) groups excluding carboxylic acids is 1. The van der Waals surface area contributed by atoms with Crippen LogP contribution in [-0.4, -0.2) is 5.78 Å². The lowest BCUT2D eigenvalue weighted by atomic mass is 10.1. The van der Waals surface area contributed by atoms with Crippen molar-refractivity contribution < 1.29 is 9.53 Å². The molecule has 116 valence electrons. The molecule has 3 nitrogen and oxygen atoms in total. The molecular weight excluding hydrogens is 298 g/mol. The molecule has 0 N–H and O–H groups in total. The summed E-state index contributed by atoms with van der Waals surface area (Å²) in [7, 11) is 0. The van der Waals surface area contributed by atoms with Crippen LogP contribution in [0.2, 0.25) is 0 Å². The summed E-state index contributed by atoms with van der Waals surface area (Å²) in [5, 5.41) is 1.51. The lowest BCUT2D eigenvalue weighted by Crippen LogP contribution is -2.35. The quantitative estimate of drug-likeness (QED) is 0.697. The molecule has 0 fully saturated rings. The summed E-state index contributed by atoms with van der Waals surface area (Å²) in [5.41, 5.74) is 1.53.